The second-order valence-corrected chi connectivity index (χ2v) is 9.26. The van der Waals surface area contributed by atoms with E-state index in [-0.39, 0.29) is 28.8 Å². The molecule has 0 amide bonds. The second-order valence-electron chi connectivity index (χ2n) is 9.26. The predicted molar refractivity (Wildman–Crippen MR) is 124 cm³/mol. The summed E-state index contributed by atoms with van der Waals surface area (Å²) in [7, 11) is 1.92. The standard InChI is InChI=1S/C23H32N6O2/c1-7-23(11-31-12-23)9-14(4)18-8-17(27-28(18)6)16-10-29(15(5)13(2)3)22(30)19-20(16)25-26-21(19)24/h8,10,13,15H,4,7,9,11-12H2,1-3,5-6H3,(H3,24,25,26)/t15-/m0/s1. The molecule has 0 aliphatic carbocycles. The first-order chi connectivity index (χ1) is 14.7. The van der Waals surface area contributed by atoms with Crippen molar-refractivity contribution in [2.75, 3.05) is 18.9 Å². The van der Waals surface area contributed by atoms with E-state index in [9.17, 15) is 4.79 Å². The fourth-order valence-corrected chi connectivity index (χ4v) is 4.27. The number of nitrogens with zero attached hydrogens (tertiary/aromatic N) is 4. The molecule has 1 aliphatic rings. The molecule has 3 aromatic heterocycles. The first-order valence-electron chi connectivity index (χ1n) is 10.9. The number of aromatic nitrogens is 5. The molecule has 1 fully saturated rings. The molecule has 1 atom stereocenters. The van der Waals surface area contributed by atoms with Crippen molar-refractivity contribution in [2.24, 2.45) is 18.4 Å². The highest BCUT2D eigenvalue weighted by Gasteiger charge is 2.37. The number of aryl methyl sites for hydroxylation is 1. The molecule has 8 nitrogen and oxygen atoms in total. The maximum absolute atomic E-state index is 13.1. The lowest BCUT2D eigenvalue weighted by Crippen LogP contribution is -2.42. The third-order valence-electron chi connectivity index (χ3n) is 6.86. The Balaban J connectivity index is 1.81. The van der Waals surface area contributed by atoms with Gasteiger partial charge in [0.1, 0.15) is 5.39 Å². The largest absolute Gasteiger partial charge is 0.382 e. The minimum absolute atomic E-state index is 0.00567. The molecule has 3 aromatic rings. The zero-order chi connectivity index (χ0) is 22.5. The van der Waals surface area contributed by atoms with E-state index in [0.717, 1.165) is 48.6 Å². The monoisotopic (exact) mass is 424 g/mol. The molecule has 0 radical (unpaired) electrons. The number of allylic oxidation sites excluding steroid dienone is 1. The zero-order valence-electron chi connectivity index (χ0n) is 19.0. The van der Waals surface area contributed by atoms with Gasteiger partial charge in [-0.25, -0.2) is 0 Å². The van der Waals surface area contributed by atoms with Gasteiger partial charge in [-0.15, -0.1) is 0 Å². The van der Waals surface area contributed by atoms with Gasteiger partial charge >= 0.3 is 0 Å². The highest BCUT2D eigenvalue weighted by Crippen LogP contribution is 2.40. The predicted octanol–water partition coefficient (Wildman–Crippen LogP) is 3.75. The summed E-state index contributed by atoms with van der Waals surface area (Å²) in [4.78, 5) is 13.1. The van der Waals surface area contributed by atoms with Crippen LogP contribution in [0.25, 0.3) is 27.7 Å². The van der Waals surface area contributed by atoms with Gasteiger partial charge in [-0.3, -0.25) is 14.6 Å². The number of nitrogen functional groups attached to an aromatic ring is 1. The molecule has 0 saturated carbocycles. The molecule has 0 unspecified atom stereocenters. The van der Waals surface area contributed by atoms with E-state index in [4.69, 9.17) is 15.6 Å². The van der Waals surface area contributed by atoms with Crippen LogP contribution in [0.5, 0.6) is 0 Å². The normalized spacial score (nSPS) is 16.6. The van der Waals surface area contributed by atoms with Crippen LogP contribution in [0.15, 0.2) is 23.6 Å². The Kier molecular flexibility index (Phi) is 5.29. The first-order valence-corrected chi connectivity index (χ1v) is 10.9. The van der Waals surface area contributed by atoms with Gasteiger partial charge in [0.05, 0.1) is 30.1 Å². The molecular weight excluding hydrogens is 392 g/mol. The molecule has 1 saturated heterocycles. The summed E-state index contributed by atoms with van der Waals surface area (Å²) in [6.07, 6.45) is 3.80. The van der Waals surface area contributed by atoms with E-state index in [1.165, 1.54) is 0 Å². The van der Waals surface area contributed by atoms with Crippen molar-refractivity contribution in [3.05, 3.63) is 34.9 Å². The molecule has 31 heavy (non-hydrogen) atoms. The van der Waals surface area contributed by atoms with E-state index in [1.54, 1.807) is 4.57 Å². The van der Waals surface area contributed by atoms with Crippen LogP contribution in [0.3, 0.4) is 0 Å². The summed E-state index contributed by atoms with van der Waals surface area (Å²) in [5.74, 6) is 0.493. The van der Waals surface area contributed by atoms with Crippen LogP contribution in [-0.4, -0.2) is 37.8 Å². The van der Waals surface area contributed by atoms with Gasteiger partial charge in [0.25, 0.3) is 5.56 Å². The number of hydrogen-bond donors (Lipinski definition) is 2. The fraction of sp³-hybridized carbons (Fsp3) is 0.522. The molecule has 166 valence electrons. The van der Waals surface area contributed by atoms with Crippen molar-refractivity contribution in [3.63, 3.8) is 0 Å². The Hall–Kier alpha value is -2.87. The number of nitrogens with two attached hydrogens (primary N) is 1. The number of H-pyrrole nitrogens is 1. The summed E-state index contributed by atoms with van der Waals surface area (Å²) in [6, 6.07) is 2.04. The van der Waals surface area contributed by atoms with Crippen molar-refractivity contribution >= 4 is 22.3 Å². The van der Waals surface area contributed by atoms with Crippen LogP contribution in [0.4, 0.5) is 5.82 Å². The van der Waals surface area contributed by atoms with Crippen molar-refractivity contribution in [1.29, 1.82) is 0 Å². The van der Waals surface area contributed by atoms with Crippen molar-refractivity contribution in [3.8, 4) is 11.3 Å². The van der Waals surface area contributed by atoms with Gasteiger partial charge in [-0.2, -0.15) is 10.2 Å². The van der Waals surface area contributed by atoms with Gasteiger partial charge in [0.2, 0.25) is 0 Å². The Morgan fingerprint density at radius 3 is 2.68 bits per heavy atom. The first kappa shape index (κ1) is 21.4. The highest BCUT2D eigenvalue weighted by molar-refractivity contribution is 5.97. The third kappa shape index (κ3) is 3.48. The number of anilines is 1. The highest BCUT2D eigenvalue weighted by atomic mass is 16.5. The molecule has 4 rings (SSSR count). The number of ether oxygens (including phenoxy) is 1. The van der Waals surface area contributed by atoms with Crippen molar-refractivity contribution < 1.29 is 4.74 Å². The van der Waals surface area contributed by atoms with E-state index >= 15 is 0 Å². The van der Waals surface area contributed by atoms with Gasteiger partial charge in [0, 0.05) is 30.3 Å². The maximum atomic E-state index is 13.1. The lowest BCUT2D eigenvalue weighted by molar-refractivity contribution is -0.111. The average Bonchev–Trinajstić information content (AvgIpc) is 3.28. The Bertz CT molecular complexity index is 1190. The van der Waals surface area contributed by atoms with E-state index in [0.29, 0.717) is 10.9 Å². The Morgan fingerprint density at radius 1 is 1.39 bits per heavy atom. The molecule has 0 bridgehead atoms. The van der Waals surface area contributed by atoms with E-state index in [2.05, 4.69) is 37.5 Å². The molecule has 3 N–H and O–H groups in total. The Labute approximate surface area is 182 Å². The molecule has 0 aromatic carbocycles. The topological polar surface area (TPSA) is 104 Å². The zero-order valence-corrected chi connectivity index (χ0v) is 19.0. The van der Waals surface area contributed by atoms with Crippen LogP contribution in [0.2, 0.25) is 0 Å². The van der Waals surface area contributed by atoms with Crippen LogP contribution in [-0.2, 0) is 11.8 Å². The summed E-state index contributed by atoms with van der Waals surface area (Å²) in [5, 5.41) is 12.2. The van der Waals surface area contributed by atoms with Gasteiger partial charge < -0.3 is 15.0 Å². The average molecular weight is 425 g/mol. The summed E-state index contributed by atoms with van der Waals surface area (Å²) >= 11 is 0. The van der Waals surface area contributed by atoms with Crippen LogP contribution < -0.4 is 11.3 Å². The van der Waals surface area contributed by atoms with Crippen LogP contribution in [0, 0.1) is 11.3 Å². The quantitative estimate of drug-likeness (QED) is 0.601. The van der Waals surface area contributed by atoms with Gasteiger partial charge in [-0.1, -0.05) is 27.4 Å². The lowest BCUT2D eigenvalue weighted by Gasteiger charge is -2.41. The van der Waals surface area contributed by atoms with Crippen molar-refractivity contribution in [2.45, 2.75) is 46.6 Å². The summed E-state index contributed by atoms with van der Waals surface area (Å²) in [5.41, 5.74) is 10.3. The van der Waals surface area contributed by atoms with Crippen molar-refractivity contribution in [1.82, 2.24) is 24.5 Å². The van der Waals surface area contributed by atoms with Crippen LogP contribution in [0.1, 0.15) is 52.3 Å². The summed E-state index contributed by atoms with van der Waals surface area (Å²) < 4.78 is 9.07. The van der Waals surface area contributed by atoms with Crippen LogP contribution >= 0.6 is 0 Å². The second kappa shape index (κ2) is 7.67. The minimum atomic E-state index is -0.137. The van der Waals surface area contributed by atoms with E-state index in [1.807, 2.05) is 30.9 Å². The third-order valence-corrected chi connectivity index (χ3v) is 6.86. The number of pyridine rings is 1. The van der Waals surface area contributed by atoms with Gasteiger partial charge in [0.15, 0.2) is 5.82 Å². The molecule has 1 aliphatic heterocycles. The summed E-state index contributed by atoms with van der Waals surface area (Å²) in [6.45, 7) is 14.3. The maximum Gasteiger partial charge on any atom is 0.264 e. The SMILES string of the molecule is C=C(CC1(CC)COC1)c1cc(-c2cn([C@@H](C)C(C)C)c(=O)c3c(N)n[nH]c23)nn1C. The van der Waals surface area contributed by atoms with Gasteiger partial charge in [-0.05, 0) is 37.3 Å². The number of rotatable bonds is 7. The lowest BCUT2D eigenvalue weighted by atomic mass is 9.77. The Morgan fingerprint density at radius 2 is 2.10 bits per heavy atom. The minimum Gasteiger partial charge on any atom is -0.382 e. The molecule has 4 heterocycles. The molecule has 0 spiro atoms. The molecular formula is C23H32N6O2. The number of hydrogen-bond acceptors (Lipinski definition) is 5. The number of fused-ring (bicyclic) bond motifs is 1. The molecule has 8 heteroatoms. The smallest absolute Gasteiger partial charge is 0.264 e. The number of aromatic amines is 1. The fourth-order valence-electron chi connectivity index (χ4n) is 4.27. The number of nitrogens with one attached hydrogen (secondary N) is 1. The van der Waals surface area contributed by atoms with E-state index < -0.39 is 0 Å².